The molecule has 0 saturated carbocycles. The maximum Gasteiger partial charge on any atom is 0.241 e. The van der Waals surface area contributed by atoms with Gasteiger partial charge < -0.3 is 10.5 Å². The molecule has 0 spiro atoms. The van der Waals surface area contributed by atoms with Gasteiger partial charge in [0.05, 0.1) is 5.69 Å². The lowest BCUT2D eigenvalue weighted by Gasteiger charge is -2.23. The minimum absolute atomic E-state index is 0.00372. The summed E-state index contributed by atoms with van der Waals surface area (Å²) in [7, 11) is 1.84. The van der Waals surface area contributed by atoms with Gasteiger partial charge >= 0.3 is 0 Å². The SMILES string of the molecule is Cc1ccc(Oc2c(N)c(C)nn2C)c(C(C)(C)C)c1. The predicted molar refractivity (Wildman–Crippen MR) is 82.3 cm³/mol. The zero-order chi connectivity index (χ0) is 15.1. The molecule has 0 aliphatic rings. The Hall–Kier alpha value is -1.97. The van der Waals surface area contributed by atoms with Gasteiger partial charge in [-0.1, -0.05) is 38.5 Å². The first-order valence-electron chi connectivity index (χ1n) is 6.78. The van der Waals surface area contributed by atoms with Crippen molar-refractivity contribution in [1.29, 1.82) is 0 Å². The molecule has 0 bridgehead atoms. The van der Waals surface area contributed by atoms with Crippen LogP contribution in [0.3, 0.4) is 0 Å². The van der Waals surface area contributed by atoms with Crippen LogP contribution in [0.25, 0.3) is 0 Å². The van der Waals surface area contributed by atoms with E-state index < -0.39 is 0 Å². The molecule has 2 aromatic rings. The van der Waals surface area contributed by atoms with E-state index in [1.165, 1.54) is 5.56 Å². The van der Waals surface area contributed by atoms with E-state index in [4.69, 9.17) is 10.5 Å². The number of aromatic nitrogens is 2. The lowest BCUT2D eigenvalue weighted by Crippen LogP contribution is -2.13. The second-order valence-electron chi connectivity index (χ2n) is 6.28. The van der Waals surface area contributed by atoms with E-state index in [-0.39, 0.29) is 5.41 Å². The Morgan fingerprint density at radius 2 is 1.85 bits per heavy atom. The van der Waals surface area contributed by atoms with Gasteiger partial charge in [0.25, 0.3) is 0 Å². The van der Waals surface area contributed by atoms with Crippen molar-refractivity contribution in [1.82, 2.24) is 9.78 Å². The zero-order valence-electron chi connectivity index (χ0n) is 13.1. The smallest absolute Gasteiger partial charge is 0.241 e. The summed E-state index contributed by atoms with van der Waals surface area (Å²) in [4.78, 5) is 0. The summed E-state index contributed by atoms with van der Waals surface area (Å²) < 4.78 is 7.73. The Balaban J connectivity index is 2.49. The normalized spacial score (nSPS) is 11.7. The number of ether oxygens (including phenoxy) is 1. The van der Waals surface area contributed by atoms with Gasteiger partial charge in [0.1, 0.15) is 11.4 Å². The van der Waals surface area contributed by atoms with Crippen LogP contribution >= 0.6 is 0 Å². The molecule has 0 aliphatic heterocycles. The molecule has 20 heavy (non-hydrogen) atoms. The van der Waals surface area contributed by atoms with E-state index in [2.05, 4.69) is 38.9 Å². The average molecular weight is 273 g/mol. The molecule has 2 N–H and O–H groups in total. The number of hydrogen-bond acceptors (Lipinski definition) is 3. The molecule has 1 aromatic carbocycles. The number of rotatable bonds is 2. The summed E-state index contributed by atoms with van der Waals surface area (Å²) in [6.07, 6.45) is 0. The Morgan fingerprint density at radius 3 is 2.35 bits per heavy atom. The molecule has 0 atom stereocenters. The summed E-state index contributed by atoms with van der Waals surface area (Å²) >= 11 is 0. The maximum atomic E-state index is 6.05. The first kappa shape index (κ1) is 14.4. The fourth-order valence-corrected chi connectivity index (χ4v) is 2.20. The number of nitrogens with zero attached hydrogens (tertiary/aromatic N) is 2. The molecular formula is C16H23N3O. The minimum Gasteiger partial charge on any atom is -0.437 e. The molecule has 4 nitrogen and oxygen atoms in total. The lowest BCUT2D eigenvalue weighted by molar-refractivity contribution is 0.415. The number of anilines is 1. The van der Waals surface area contributed by atoms with Gasteiger partial charge in [-0.25, -0.2) is 4.68 Å². The van der Waals surface area contributed by atoms with Gasteiger partial charge in [0.15, 0.2) is 0 Å². The van der Waals surface area contributed by atoms with Crippen molar-refractivity contribution in [3.63, 3.8) is 0 Å². The van der Waals surface area contributed by atoms with Crippen LogP contribution < -0.4 is 10.5 Å². The van der Waals surface area contributed by atoms with Gasteiger partial charge in [-0.3, -0.25) is 0 Å². The van der Waals surface area contributed by atoms with E-state index in [1.807, 2.05) is 26.1 Å². The molecule has 0 unspecified atom stereocenters. The molecule has 0 fully saturated rings. The monoisotopic (exact) mass is 273 g/mol. The van der Waals surface area contributed by atoms with Crippen molar-refractivity contribution < 1.29 is 4.74 Å². The third kappa shape index (κ3) is 2.64. The van der Waals surface area contributed by atoms with Crippen molar-refractivity contribution in [2.24, 2.45) is 7.05 Å². The predicted octanol–water partition coefficient (Wildman–Crippen LogP) is 3.71. The zero-order valence-corrected chi connectivity index (χ0v) is 13.1. The Morgan fingerprint density at radius 1 is 1.20 bits per heavy atom. The standard InChI is InChI=1S/C16H23N3O/c1-10-7-8-13(12(9-10)16(3,4)5)20-15-14(17)11(2)18-19(15)6/h7-9H,17H2,1-6H3. The van der Waals surface area contributed by atoms with E-state index >= 15 is 0 Å². The summed E-state index contributed by atoms with van der Waals surface area (Å²) in [6.45, 7) is 10.5. The van der Waals surface area contributed by atoms with Gasteiger partial charge in [-0.15, -0.1) is 0 Å². The second kappa shape index (κ2) is 4.85. The highest BCUT2D eigenvalue weighted by molar-refractivity contribution is 5.55. The quantitative estimate of drug-likeness (QED) is 0.907. The van der Waals surface area contributed by atoms with Gasteiger partial charge in [0.2, 0.25) is 5.88 Å². The van der Waals surface area contributed by atoms with Crippen LogP contribution in [-0.4, -0.2) is 9.78 Å². The van der Waals surface area contributed by atoms with E-state index in [1.54, 1.807) is 4.68 Å². The van der Waals surface area contributed by atoms with Crippen molar-refractivity contribution in [3.05, 3.63) is 35.0 Å². The molecule has 108 valence electrons. The fraction of sp³-hybridized carbons (Fsp3) is 0.438. The highest BCUT2D eigenvalue weighted by atomic mass is 16.5. The maximum absolute atomic E-state index is 6.05. The fourth-order valence-electron chi connectivity index (χ4n) is 2.20. The van der Waals surface area contributed by atoms with E-state index in [0.717, 1.165) is 17.0 Å². The molecule has 1 heterocycles. The number of nitrogens with two attached hydrogens (primary N) is 1. The third-order valence-corrected chi connectivity index (χ3v) is 3.36. The summed E-state index contributed by atoms with van der Waals surface area (Å²) in [5.74, 6) is 1.43. The molecule has 0 aliphatic carbocycles. The summed E-state index contributed by atoms with van der Waals surface area (Å²) in [6, 6.07) is 6.20. The first-order chi connectivity index (χ1) is 9.20. The lowest BCUT2D eigenvalue weighted by atomic mass is 9.85. The van der Waals surface area contributed by atoms with Gasteiger partial charge in [-0.05, 0) is 25.3 Å². The van der Waals surface area contributed by atoms with Crippen LogP contribution in [0.1, 0.15) is 37.6 Å². The van der Waals surface area contributed by atoms with Crippen molar-refractivity contribution in [3.8, 4) is 11.6 Å². The molecule has 0 saturated heterocycles. The molecule has 0 amide bonds. The van der Waals surface area contributed by atoms with Crippen molar-refractivity contribution in [2.75, 3.05) is 5.73 Å². The Labute approximate surface area is 120 Å². The van der Waals surface area contributed by atoms with Crippen LogP contribution in [0.2, 0.25) is 0 Å². The first-order valence-corrected chi connectivity index (χ1v) is 6.78. The number of benzene rings is 1. The topological polar surface area (TPSA) is 53.1 Å². The number of hydrogen-bond donors (Lipinski definition) is 1. The van der Waals surface area contributed by atoms with Crippen molar-refractivity contribution >= 4 is 5.69 Å². The van der Waals surface area contributed by atoms with Crippen LogP contribution in [0, 0.1) is 13.8 Å². The molecule has 1 aromatic heterocycles. The molecule has 4 heteroatoms. The average Bonchev–Trinajstić information content (AvgIpc) is 2.56. The second-order valence-corrected chi connectivity index (χ2v) is 6.28. The molecular weight excluding hydrogens is 250 g/mol. The van der Waals surface area contributed by atoms with Crippen molar-refractivity contribution in [2.45, 2.75) is 40.0 Å². The Kier molecular flexibility index (Phi) is 3.50. The van der Waals surface area contributed by atoms with E-state index in [9.17, 15) is 0 Å². The summed E-state index contributed by atoms with van der Waals surface area (Å²) in [5, 5.41) is 4.28. The van der Waals surface area contributed by atoms with Crippen LogP contribution in [0.5, 0.6) is 11.6 Å². The Bertz CT molecular complexity index is 636. The van der Waals surface area contributed by atoms with Crippen LogP contribution in [0.4, 0.5) is 5.69 Å². The van der Waals surface area contributed by atoms with Crippen LogP contribution in [0.15, 0.2) is 18.2 Å². The minimum atomic E-state index is 0.00372. The number of nitrogen functional groups attached to an aromatic ring is 1. The molecule has 2 rings (SSSR count). The summed E-state index contributed by atoms with van der Waals surface area (Å²) in [5.41, 5.74) is 9.79. The largest absolute Gasteiger partial charge is 0.437 e. The third-order valence-electron chi connectivity index (χ3n) is 3.36. The highest BCUT2D eigenvalue weighted by Crippen LogP contribution is 2.37. The van der Waals surface area contributed by atoms with E-state index in [0.29, 0.717) is 11.6 Å². The highest BCUT2D eigenvalue weighted by Gasteiger charge is 2.21. The number of aryl methyl sites for hydroxylation is 3. The van der Waals surface area contributed by atoms with Gasteiger partial charge in [0, 0.05) is 12.6 Å². The van der Waals surface area contributed by atoms with Gasteiger partial charge in [-0.2, -0.15) is 5.10 Å². The van der Waals surface area contributed by atoms with Crippen LogP contribution in [-0.2, 0) is 12.5 Å². The molecule has 0 radical (unpaired) electrons.